The Bertz CT molecular complexity index is 427. The zero-order chi connectivity index (χ0) is 11.8. The van der Waals surface area contributed by atoms with Crippen LogP contribution in [0.15, 0.2) is 18.2 Å². The second-order valence-corrected chi connectivity index (χ2v) is 4.44. The van der Waals surface area contributed by atoms with Gasteiger partial charge in [0.15, 0.2) is 0 Å². The van der Waals surface area contributed by atoms with Gasteiger partial charge in [0, 0.05) is 11.2 Å². The van der Waals surface area contributed by atoms with Gasteiger partial charge in [-0.3, -0.25) is 10.1 Å². The van der Waals surface area contributed by atoms with E-state index in [4.69, 9.17) is 4.74 Å². The minimum absolute atomic E-state index is 0.0167. The van der Waals surface area contributed by atoms with E-state index in [1.165, 1.54) is 0 Å². The van der Waals surface area contributed by atoms with E-state index in [1.807, 2.05) is 32.0 Å². The number of fused-ring (bicyclic) bond motifs is 1. The third kappa shape index (κ3) is 1.88. The maximum Gasteiger partial charge on any atom is 0.238 e. The van der Waals surface area contributed by atoms with Gasteiger partial charge >= 0.3 is 0 Å². The fraction of sp³-hybridized carbons (Fsp3) is 0.417. The average Bonchev–Trinajstić information content (AvgIpc) is 2.37. The van der Waals surface area contributed by atoms with Crippen LogP contribution in [0.1, 0.15) is 19.4 Å². The molecule has 0 aliphatic carbocycles. The molecule has 2 rings (SSSR count). The van der Waals surface area contributed by atoms with Gasteiger partial charge in [-0.05, 0) is 37.6 Å². The highest BCUT2D eigenvalue weighted by Gasteiger charge is 2.28. The molecule has 0 unspecified atom stereocenters. The van der Waals surface area contributed by atoms with Crippen molar-refractivity contribution in [1.82, 2.24) is 5.32 Å². The van der Waals surface area contributed by atoms with E-state index in [2.05, 4.69) is 10.6 Å². The second kappa shape index (κ2) is 3.79. The van der Waals surface area contributed by atoms with Gasteiger partial charge in [-0.25, -0.2) is 0 Å². The number of benzene rings is 1. The molecule has 0 saturated carbocycles. The fourth-order valence-electron chi connectivity index (χ4n) is 1.87. The molecule has 1 amide bonds. The van der Waals surface area contributed by atoms with E-state index < -0.39 is 0 Å². The van der Waals surface area contributed by atoms with Crippen LogP contribution >= 0.6 is 0 Å². The molecular weight excluding hydrogens is 204 g/mol. The van der Waals surface area contributed by atoms with Crippen LogP contribution in [0.3, 0.4) is 0 Å². The molecule has 0 fully saturated rings. The molecule has 86 valence electrons. The highest BCUT2D eigenvalue weighted by molar-refractivity contribution is 5.94. The topological polar surface area (TPSA) is 50.4 Å². The first-order valence-corrected chi connectivity index (χ1v) is 5.26. The summed E-state index contributed by atoms with van der Waals surface area (Å²) in [5, 5.41) is 6.08. The zero-order valence-electron chi connectivity index (χ0n) is 9.76. The smallest absolute Gasteiger partial charge is 0.238 e. The number of carbonyl (C=O) groups is 1. The number of ether oxygens (including phenoxy) is 1. The van der Waals surface area contributed by atoms with Gasteiger partial charge in [0.1, 0.15) is 5.75 Å². The van der Waals surface area contributed by atoms with Crippen molar-refractivity contribution >= 4 is 11.6 Å². The van der Waals surface area contributed by atoms with Crippen molar-refractivity contribution in [2.45, 2.75) is 19.4 Å². The average molecular weight is 220 g/mol. The van der Waals surface area contributed by atoms with Crippen molar-refractivity contribution in [2.75, 3.05) is 19.0 Å². The Morgan fingerprint density at radius 2 is 2.12 bits per heavy atom. The normalized spacial score (nSPS) is 18.3. The van der Waals surface area contributed by atoms with E-state index in [0.29, 0.717) is 6.54 Å². The van der Waals surface area contributed by atoms with Gasteiger partial charge in [0.05, 0.1) is 13.7 Å². The van der Waals surface area contributed by atoms with Crippen molar-refractivity contribution in [3.63, 3.8) is 0 Å². The van der Waals surface area contributed by atoms with E-state index >= 15 is 0 Å². The minimum atomic E-state index is -0.247. The van der Waals surface area contributed by atoms with Crippen LogP contribution < -0.4 is 15.4 Å². The Balaban J connectivity index is 2.52. The summed E-state index contributed by atoms with van der Waals surface area (Å²) in [5.41, 5.74) is 1.64. The molecule has 1 aliphatic rings. The summed E-state index contributed by atoms with van der Waals surface area (Å²) in [6.07, 6.45) is 0. The summed E-state index contributed by atoms with van der Waals surface area (Å²) in [6.45, 7) is 4.42. The minimum Gasteiger partial charge on any atom is -0.497 e. The molecule has 0 radical (unpaired) electrons. The standard InChI is InChI=1S/C12H16N2O2/c1-12(2)9-6-8(16-3)4-5-10(9)14-11(15)7-13-12/h4-6,13H,7H2,1-3H3,(H,14,15). The lowest BCUT2D eigenvalue weighted by Gasteiger charge is -2.26. The van der Waals surface area contributed by atoms with Crippen LogP contribution in [-0.4, -0.2) is 19.6 Å². The molecule has 1 aromatic rings. The second-order valence-electron chi connectivity index (χ2n) is 4.44. The summed E-state index contributed by atoms with van der Waals surface area (Å²) < 4.78 is 5.20. The monoisotopic (exact) mass is 220 g/mol. The number of hydrogen-bond donors (Lipinski definition) is 2. The third-order valence-corrected chi connectivity index (χ3v) is 2.87. The van der Waals surface area contributed by atoms with Crippen molar-refractivity contribution in [2.24, 2.45) is 0 Å². The number of nitrogens with one attached hydrogen (secondary N) is 2. The maximum atomic E-state index is 11.5. The zero-order valence-corrected chi connectivity index (χ0v) is 9.76. The summed E-state index contributed by atoms with van der Waals surface area (Å²) >= 11 is 0. The van der Waals surface area contributed by atoms with E-state index in [9.17, 15) is 4.79 Å². The first kappa shape index (κ1) is 11.0. The van der Waals surface area contributed by atoms with Gasteiger partial charge in [-0.1, -0.05) is 0 Å². The summed E-state index contributed by atoms with van der Waals surface area (Å²) in [6, 6.07) is 5.68. The highest BCUT2D eigenvalue weighted by atomic mass is 16.5. The van der Waals surface area contributed by atoms with Crippen LogP contribution in [0, 0.1) is 0 Å². The number of rotatable bonds is 1. The Labute approximate surface area is 95.0 Å². The van der Waals surface area contributed by atoms with Crippen molar-refractivity contribution in [3.05, 3.63) is 23.8 Å². The molecule has 4 heteroatoms. The number of amides is 1. The predicted octanol–water partition coefficient (Wildman–Crippen LogP) is 1.47. The molecule has 0 aromatic heterocycles. The number of methoxy groups -OCH3 is 1. The molecule has 16 heavy (non-hydrogen) atoms. The molecule has 0 spiro atoms. The Hall–Kier alpha value is -1.55. The lowest BCUT2D eigenvalue weighted by atomic mass is 9.93. The van der Waals surface area contributed by atoms with E-state index in [0.717, 1.165) is 17.0 Å². The highest BCUT2D eigenvalue weighted by Crippen LogP contribution is 2.32. The Morgan fingerprint density at radius 3 is 2.81 bits per heavy atom. The lowest BCUT2D eigenvalue weighted by Crippen LogP contribution is -2.38. The largest absolute Gasteiger partial charge is 0.497 e. The van der Waals surface area contributed by atoms with Crippen molar-refractivity contribution in [1.29, 1.82) is 0 Å². The molecular formula is C12H16N2O2. The van der Waals surface area contributed by atoms with E-state index in [-0.39, 0.29) is 11.4 Å². The molecule has 1 aliphatic heterocycles. The number of hydrogen-bond acceptors (Lipinski definition) is 3. The summed E-state index contributed by atoms with van der Waals surface area (Å²) in [4.78, 5) is 11.5. The van der Waals surface area contributed by atoms with Gasteiger partial charge in [-0.2, -0.15) is 0 Å². The SMILES string of the molecule is COc1ccc2c(c1)C(C)(C)NCC(=O)N2. The molecule has 2 N–H and O–H groups in total. The fourth-order valence-corrected chi connectivity index (χ4v) is 1.87. The van der Waals surface area contributed by atoms with Crippen LogP contribution in [0.5, 0.6) is 5.75 Å². The van der Waals surface area contributed by atoms with Crippen LogP contribution in [0.25, 0.3) is 0 Å². The van der Waals surface area contributed by atoms with Gasteiger partial charge < -0.3 is 10.1 Å². The Morgan fingerprint density at radius 1 is 1.38 bits per heavy atom. The van der Waals surface area contributed by atoms with Crippen LogP contribution in [-0.2, 0) is 10.3 Å². The summed E-state index contributed by atoms with van der Waals surface area (Å²) in [7, 11) is 1.64. The quantitative estimate of drug-likeness (QED) is 0.753. The van der Waals surface area contributed by atoms with Crippen LogP contribution in [0.2, 0.25) is 0 Å². The maximum absolute atomic E-state index is 11.5. The predicted molar refractivity (Wildman–Crippen MR) is 62.7 cm³/mol. The van der Waals surface area contributed by atoms with Gasteiger partial charge in [0.25, 0.3) is 0 Å². The Kier molecular flexibility index (Phi) is 2.59. The molecule has 0 bridgehead atoms. The first-order chi connectivity index (χ1) is 7.53. The lowest BCUT2D eigenvalue weighted by molar-refractivity contribution is -0.115. The van der Waals surface area contributed by atoms with Gasteiger partial charge in [0.2, 0.25) is 5.91 Å². The molecule has 4 nitrogen and oxygen atoms in total. The first-order valence-electron chi connectivity index (χ1n) is 5.26. The van der Waals surface area contributed by atoms with Crippen LogP contribution in [0.4, 0.5) is 5.69 Å². The molecule has 0 saturated heterocycles. The van der Waals surface area contributed by atoms with Crippen molar-refractivity contribution in [3.8, 4) is 5.75 Å². The third-order valence-electron chi connectivity index (χ3n) is 2.87. The number of anilines is 1. The summed E-state index contributed by atoms with van der Waals surface area (Å²) in [5.74, 6) is 0.779. The van der Waals surface area contributed by atoms with Crippen molar-refractivity contribution < 1.29 is 9.53 Å². The number of carbonyl (C=O) groups excluding carboxylic acids is 1. The van der Waals surface area contributed by atoms with E-state index in [1.54, 1.807) is 7.11 Å². The molecule has 1 heterocycles. The van der Waals surface area contributed by atoms with Gasteiger partial charge in [-0.15, -0.1) is 0 Å². The molecule has 0 atom stereocenters. The molecule has 1 aromatic carbocycles.